The standard InChI is InChI=1S/C14H21N5O2/c1-9(8-20)10(2)15-14(21)16-11(3)13-18-17-12-6-4-5-7-19(12)13/h4-7,9-11,20H,8H2,1-3H3,(H2,15,16,21). The van der Waals surface area contributed by atoms with Gasteiger partial charge in [0.05, 0.1) is 6.04 Å². The van der Waals surface area contributed by atoms with Crippen molar-refractivity contribution in [2.24, 2.45) is 5.92 Å². The number of hydrogen-bond donors (Lipinski definition) is 3. The molecule has 0 bridgehead atoms. The molecule has 0 aliphatic carbocycles. The fourth-order valence-electron chi connectivity index (χ4n) is 1.97. The number of nitrogens with zero attached hydrogens (tertiary/aromatic N) is 3. The largest absolute Gasteiger partial charge is 0.396 e. The van der Waals surface area contributed by atoms with Crippen LogP contribution in [0.5, 0.6) is 0 Å². The summed E-state index contributed by atoms with van der Waals surface area (Å²) in [5.41, 5.74) is 0.740. The van der Waals surface area contributed by atoms with Gasteiger partial charge in [0, 0.05) is 18.8 Å². The Bertz CT molecular complexity index is 612. The Morgan fingerprint density at radius 1 is 1.29 bits per heavy atom. The van der Waals surface area contributed by atoms with Gasteiger partial charge in [-0.2, -0.15) is 0 Å². The van der Waals surface area contributed by atoms with Gasteiger partial charge in [-0.3, -0.25) is 4.40 Å². The zero-order chi connectivity index (χ0) is 15.4. The maximum absolute atomic E-state index is 12.0. The van der Waals surface area contributed by atoms with Crippen molar-refractivity contribution < 1.29 is 9.90 Å². The molecule has 7 nitrogen and oxygen atoms in total. The molecular weight excluding hydrogens is 270 g/mol. The van der Waals surface area contributed by atoms with E-state index in [1.807, 2.05) is 49.6 Å². The highest BCUT2D eigenvalue weighted by Gasteiger charge is 2.18. The Labute approximate surface area is 123 Å². The van der Waals surface area contributed by atoms with Crippen LogP contribution in [0.15, 0.2) is 24.4 Å². The van der Waals surface area contributed by atoms with E-state index in [-0.39, 0.29) is 30.6 Å². The van der Waals surface area contributed by atoms with Gasteiger partial charge in [0.1, 0.15) is 0 Å². The van der Waals surface area contributed by atoms with E-state index in [0.717, 1.165) is 5.65 Å². The summed E-state index contributed by atoms with van der Waals surface area (Å²) in [6, 6.07) is 4.95. The lowest BCUT2D eigenvalue weighted by atomic mass is 10.1. The number of aliphatic hydroxyl groups is 1. The van der Waals surface area contributed by atoms with E-state index in [2.05, 4.69) is 20.8 Å². The minimum Gasteiger partial charge on any atom is -0.396 e. The van der Waals surface area contributed by atoms with Crippen molar-refractivity contribution in [1.82, 2.24) is 25.2 Å². The van der Waals surface area contributed by atoms with Crippen molar-refractivity contribution in [1.29, 1.82) is 0 Å². The molecule has 114 valence electrons. The molecule has 3 unspecified atom stereocenters. The molecule has 0 saturated carbocycles. The quantitative estimate of drug-likeness (QED) is 0.769. The summed E-state index contributed by atoms with van der Waals surface area (Å²) in [5, 5.41) is 22.9. The maximum atomic E-state index is 12.0. The Morgan fingerprint density at radius 3 is 2.76 bits per heavy atom. The van der Waals surface area contributed by atoms with Crippen molar-refractivity contribution in [3.05, 3.63) is 30.2 Å². The molecule has 21 heavy (non-hydrogen) atoms. The van der Waals surface area contributed by atoms with Crippen LogP contribution in [-0.4, -0.2) is 38.4 Å². The number of urea groups is 1. The van der Waals surface area contributed by atoms with E-state index in [0.29, 0.717) is 5.82 Å². The summed E-state index contributed by atoms with van der Waals surface area (Å²) in [7, 11) is 0. The molecule has 3 atom stereocenters. The number of amides is 2. The van der Waals surface area contributed by atoms with E-state index in [1.165, 1.54) is 0 Å². The van der Waals surface area contributed by atoms with Gasteiger partial charge in [0.25, 0.3) is 0 Å². The molecule has 2 rings (SSSR count). The Kier molecular flexibility index (Phi) is 4.74. The van der Waals surface area contributed by atoms with Gasteiger partial charge in [-0.15, -0.1) is 10.2 Å². The van der Waals surface area contributed by atoms with E-state index in [9.17, 15) is 4.79 Å². The first-order valence-electron chi connectivity index (χ1n) is 7.00. The highest BCUT2D eigenvalue weighted by atomic mass is 16.3. The first-order valence-corrected chi connectivity index (χ1v) is 7.00. The molecule has 0 fully saturated rings. The predicted octanol–water partition coefficient (Wildman–Crippen LogP) is 1.11. The zero-order valence-electron chi connectivity index (χ0n) is 12.4. The van der Waals surface area contributed by atoms with Crippen LogP contribution in [0.4, 0.5) is 4.79 Å². The van der Waals surface area contributed by atoms with Gasteiger partial charge in [-0.1, -0.05) is 13.0 Å². The van der Waals surface area contributed by atoms with Gasteiger partial charge in [-0.05, 0) is 31.9 Å². The Hall–Kier alpha value is -2.15. The van der Waals surface area contributed by atoms with E-state index < -0.39 is 0 Å². The molecule has 3 N–H and O–H groups in total. The molecule has 0 saturated heterocycles. The lowest BCUT2D eigenvalue weighted by molar-refractivity contribution is 0.199. The third-order valence-electron chi connectivity index (χ3n) is 3.58. The maximum Gasteiger partial charge on any atom is 0.315 e. The van der Waals surface area contributed by atoms with Crippen molar-refractivity contribution in [3.63, 3.8) is 0 Å². The van der Waals surface area contributed by atoms with Crippen molar-refractivity contribution in [2.75, 3.05) is 6.61 Å². The average molecular weight is 291 g/mol. The van der Waals surface area contributed by atoms with Crippen molar-refractivity contribution in [2.45, 2.75) is 32.9 Å². The Balaban J connectivity index is 2.01. The number of aromatic nitrogens is 3. The van der Waals surface area contributed by atoms with Crippen molar-refractivity contribution >= 4 is 11.7 Å². The molecular formula is C14H21N5O2. The molecule has 0 aliphatic rings. The summed E-state index contributed by atoms with van der Waals surface area (Å²) in [4.78, 5) is 12.0. The molecule has 2 aromatic heterocycles. The van der Waals surface area contributed by atoms with Gasteiger partial charge in [-0.25, -0.2) is 4.79 Å². The van der Waals surface area contributed by atoms with Gasteiger partial charge in [0.15, 0.2) is 11.5 Å². The summed E-state index contributed by atoms with van der Waals surface area (Å²) in [6.07, 6.45) is 1.86. The van der Waals surface area contributed by atoms with Crippen LogP contribution in [0, 0.1) is 5.92 Å². The van der Waals surface area contributed by atoms with Crippen LogP contribution in [0.2, 0.25) is 0 Å². The van der Waals surface area contributed by atoms with Crippen LogP contribution in [-0.2, 0) is 0 Å². The van der Waals surface area contributed by atoms with E-state index >= 15 is 0 Å². The second kappa shape index (κ2) is 6.53. The summed E-state index contributed by atoms with van der Waals surface area (Å²) in [6.45, 7) is 5.62. The lowest BCUT2D eigenvalue weighted by Gasteiger charge is -2.21. The molecule has 0 aliphatic heterocycles. The summed E-state index contributed by atoms with van der Waals surface area (Å²) < 4.78 is 1.84. The average Bonchev–Trinajstić information content (AvgIpc) is 2.90. The molecule has 0 radical (unpaired) electrons. The molecule has 0 aromatic carbocycles. The fourth-order valence-corrected chi connectivity index (χ4v) is 1.97. The molecule has 2 aromatic rings. The highest BCUT2D eigenvalue weighted by Crippen LogP contribution is 2.11. The Morgan fingerprint density at radius 2 is 2.05 bits per heavy atom. The minimum absolute atomic E-state index is 0.0000202. The van der Waals surface area contributed by atoms with Gasteiger partial charge >= 0.3 is 6.03 Å². The molecule has 7 heteroatoms. The smallest absolute Gasteiger partial charge is 0.315 e. The van der Waals surface area contributed by atoms with Crippen LogP contribution in [0.25, 0.3) is 5.65 Å². The first-order chi connectivity index (χ1) is 10.0. The number of nitrogens with one attached hydrogen (secondary N) is 2. The third-order valence-corrected chi connectivity index (χ3v) is 3.58. The van der Waals surface area contributed by atoms with Crippen LogP contribution >= 0.6 is 0 Å². The number of aliphatic hydroxyl groups excluding tert-OH is 1. The summed E-state index contributed by atoms with van der Waals surface area (Å²) >= 11 is 0. The zero-order valence-corrected chi connectivity index (χ0v) is 12.4. The molecule has 2 amide bonds. The number of pyridine rings is 1. The normalized spacial score (nSPS) is 15.4. The molecule has 2 heterocycles. The molecule has 0 spiro atoms. The van der Waals surface area contributed by atoms with E-state index in [1.54, 1.807) is 0 Å². The fraction of sp³-hybridized carbons (Fsp3) is 0.500. The number of hydrogen-bond acceptors (Lipinski definition) is 4. The van der Waals surface area contributed by atoms with E-state index in [4.69, 9.17) is 5.11 Å². The summed E-state index contributed by atoms with van der Waals surface area (Å²) in [5.74, 6) is 0.670. The van der Waals surface area contributed by atoms with Crippen LogP contribution in [0.3, 0.4) is 0 Å². The van der Waals surface area contributed by atoms with Gasteiger partial charge < -0.3 is 15.7 Å². The van der Waals surface area contributed by atoms with Crippen molar-refractivity contribution in [3.8, 4) is 0 Å². The second-order valence-electron chi connectivity index (χ2n) is 5.28. The van der Waals surface area contributed by atoms with Crippen LogP contribution < -0.4 is 10.6 Å². The van der Waals surface area contributed by atoms with Crippen LogP contribution in [0.1, 0.15) is 32.6 Å². The minimum atomic E-state index is -0.289. The highest BCUT2D eigenvalue weighted by molar-refractivity contribution is 5.74. The predicted molar refractivity (Wildman–Crippen MR) is 78.8 cm³/mol. The number of carbonyl (C=O) groups excluding carboxylic acids is 1. The number of carbonyl (C=O) groups is 1. The SMILES string of the molecule is CC(NC(=O)NC(C)C(C)CO)c1nnc2ccccn12. The number of fused-ring (bicyclic) bond motifs is 1. The second-order valence-corrected chi connectivity index (χ2v) is 5.28. The lowest BCUT2D eigenvalue weighted by Crippen LogP contribution is -2.45. The first kappa shape index (κ1) is 15.2. The number of rotatable bonds is 5. The monoisotopic (exact) mass is 291 g/mol. The topological polar surface area (TPSA) is 91.5 Å². The third kappa shape index (κ3) is 3.49. The van der Waals surface area contributed by atoms with Gasteiger partial charge in [0.2, 0.25) is 0 Å².